The van der Waals surface area contributed by atoms with Gasteiger partial charge < -0.3 is 51.1 Å². The number of benzene rings is 1. The molecule has 1 saturated heterocycles. The number of aliphatic hydroxyl groups is 1. The summed E-state index contributed by atoms with van der Waals surface area (Å²) in [4.78, 5) is 121. The minimum absolute atomic E-state index is 0.0332. The van der Waals surface area contributed by atoms with Gasteiger partial charge in [0.1, 0.15) is 29.9 Å². The Kier molecular flexibility index (Phi) is 19.2. The van der Waals surface area contributed by atoms with Gasteiger partial charge in [0.15, 0.2) is 6.10 Å². The Bertz CT molecular complexity index is 2040. The van der Waals surface area contributed by atoms with Gasteiger partial charge in [0, 0.05) is 45.3 Å². The number of para-hydroxylation sites is 1. The van der Waals surface area contributed by atoms with E-state index < -0.39 is 95.3 Å². The number of carbonyl (C=O) groups is 8. The molecule has 1 aromatic carbocycles. The lowest BCUT2D eigenvalue weighted by Crippen LogP contribution is -2.61. The molecule has 1 aliphatic carbocycles. The molecule has 0 bridgehead atoms. The zero-order valence-electron chi connectivity index (χ0n) is 40.3. The first-order chi connectivity index (χ1) is 31.5. The van der Waals surface area contributed by atoms with Crippen LogP contribution >= 0.6 is 0 Å². The van der Waals surface area contributed by atoms with Crippen molar-refractivity contribution >= 4 is 53.1 Å². The number of aliphatic hydroxyl groups excluding tert-OH is 1. The number of hydrogen-bond acceptors (Lipinski definition) is 12. The highest BCUT2D eigenvalue weighted by atomic mass is 16.6. The third-order valence-corrected chi connectivity index (χ3v) is 11.7. The predicted octanol–water partition coefficient (Wildman–Crippen LogP) is 1.92. The van der Waals surface area contributed by atoms with Gasteiger partial charge in [-0.3, -0.25) is 38.5 Å². The van der Waals surface area contributed by atoms with Crippen LogP contribution in [0.5, 0.6) is 0 Å². The van der Waals surface area contributed by atoms with Crippen molar-refractivity contribution < 1.29 is 48.2 Å². The molecule has 20 heteroatoms. The predicted molar refractivity (Wildman–Crippen MR) is 248 cm³/mol. The minimum Gasteiger partial charge on any atom is -0.444 e. The normalized spacial score (nSPS) is 18.3. The van der Waals surface area contributed by atoms with Crippen LogP contribution in [0, 0.1) is 17.3 Å². The van der Waals surface area contributed by atoms with Crippen LogP contribution in [0.25, 0.3) is 0 Å². The summed E-state index contributed by atoms with van der Waals surface area (Å²) in [6, 6.07) is 4.08. The van der Waals surface area contributed by atoms with E-state index in [2.05, 4.69) is 36.6 Å². The van der Waals surface area contributed by atoms with Gasteiger partial charge in [-0.25, -0.2) is 9.78 Å². The number of ether oxygens (including phenoxy) is 1. The average molecular weight is 935 g/mol. The van der Waals surface area contributed by atoms with E-state index in [1.54, 1.807) is 92.9 Å². The Balaban J connectivity index is 1.53. The largest absolute Gasteiger partial charge is 0.444 e. The second kappa shape index (κ2) is 24.0. The molecule has 67 heavy (non-hydrogen) atoms. The zero-order chi connectivity index (χ0) is 49.6. The molecule has 20 nitrogen and oxygen atoms in total. The van der Waals surface area contributed by atoms with Crippen LogP contribution in [0.2, 0.25) is 0 Å². The summed E-state index contributed by atoms with van der Waals surface area (Å²) in [5, 5.41) is 25.2. The second-order valence-corrected chi connectivity index (χ2v) is 19.5. The highest BCUT2D eigenvalue weighted by Gasteiger charge is 2.45. The van der Waals surface area contributed by atoms with Crippen molar-refractivity contribution in [3.8, 4) is 0 Å². The maximum atomic E-state index is 14.4. The van der Waals surface area contributed by atoms with E-state index >= 15 is 0 Å². The summed E-state index contributed by atoms with van der Waals surface area (Å²) >= 11 is 0. The molecule has 1 aliphatic heterocycles. The quantitative estimate of drug-likeness (QED) is 0.125. The van der Waals surface area contributed by atoms with Crippen molar-refractivity contribution in [1.82, 2.24) is 46.4 Å². The van der Waals surface area contributed by atoms with E-state index in [-0.39, 0.29) is 43.6 Å². The number of aromatic nitrogens is 2. The monoisotopic (exact) mass is 935 g/mol. The summed E-state index contributed by atoms with van der Waals surface area (Å²) in [6.07, 6.45) is 6.20. The van der Waals surface area contributed by atoms with Crippen LogP contribution in [-0.2, 0) is 33.5 Å². The highest BCUT2D eigenvalue weighted by molar-refractivity contribution is 6.01. The van der Waals surface area contributed by atoms with Gasteiger partial charge in [0.05, 0.1) is 30.7 Å². The fraction of sp³-hybridized carbons (Fsp3) is 0.617. The standard InChI is InChI=1S/C47H70N10O10/c1-10-17-32(38(60)43(64)50-25-35(58)57(28-36(59)55(8)9)30-20-15-12-16-21-30)51-40(61)31-26-56(45(66)67-47(5,6)7)27-34(31)52-44(65)39(46(2,3)4)54-42(63)37(29-18-13-11-14-19-29)53-41(62)33-24-48-22-23-49-33/h12,15-16,20-24,29,31-32,34,37-39,60H,10-11,13-14,17-19,25-28H2,1-9H3,(H,50,64)(H,51,61)(H,52,65)(H,53,62)(H,54,63)/t31-,32+,34+,37+,38+,39+/m1/s1. The molecule has 6 atom stereocenters. The fourth-order valence-electron chi connectivity index (χ4n) is 8.02. The van der Waals surface area contributed by atoms with E-state index in [1.807, 2.05) is 0 Å². The van der Waals surface area contributed by atoms with Crippen LogP contribution < -0.4 is 31.5 Å². The number of hydrogen-bond donors (Lipinski definition) is 6. The molecule has 2 fully saturated rings. The van der Waals surface area contributed by atoms with Crippen LogP contribution in [-0.4, -0.2) is 148 Å². The lowest BCUT2D eigenvalue weighted by atomic mass is 9.82. The molecule has 6 N–H and O–H groups in total. The first-order valence-electron chi connectivity index (χ1n) is 23.0. The minimum atomic E-state index is -1.83. The molecule has 1 aromatic heterocycles. The summed E-state index contributed by atoms with van der Waals surface area (Å²) < 4.78 is 5.62. The van der Waals surface area contributed by atoms with E-state index in [0.717, 1.165) is 19.3 Å². The van der Waals surface area contributed by atoms with Gasteiger partial charge in [-0.1, -0.05) is 71.6 Å². The molecule has 2 heterocycles. The molecule has 0 spiro atoms. The van der Waals surface area contributed by atoms with Crippen molar-refractivity contribution in [3.63, 3.8) is 0 Å². The molecule has 368 valence electrons. The molecule has 8 amide bonds. The van der Waals surface area contributed by atoms with Crippen molar-refractivity contribution in [2.45, 2.75) is 129 Å². The molecule has 2 aromatic rings. The number of likely N-dealkylation sites (tertiary alicyclic amines) is 1. The number of nitrogens with one attached hydrogen (secondary N) is 5. The second-order valence-electron chi connectivity index (χ2n) is 19.5. The summed E-state index contributed by atoms with van der Waals surface area (Å²) in [7, 11) is 3.11. The van der Waals surface area contributed by atoms with Crippen molar-refractivity contribution in [2.24, 2.45) is 17.3 Å². The summed E-state index contributed by atoms with van der Waals surface area (Å²) in [5.74, 6) is -5.74. The van der Waals surface area contributed by atoms with Crippen LogP contribution in [0.1, 0.15) is 104 Å². The smallest absolute Gasteiger partial charge is 0.410 e. The molecule has 1 saturated carbocycles. The van der Waals surface area contributed by atoms with Crippen molar-refractivity contribution in [3.05, 3.63) is 54.6 Å². The number of likely N-dealkylation sites (N-methyl/N-ethyl adjacent to an activating group) is 1. The van der Waals surface area contributed by atoms with Crippen LogP contribution in [0.15, 0.2) is 48.9 Å². The van der Waals surface area contributed by atoms with Crippen LogP contribution in [0.4, 0.5) is 10.5 Å². The summed E-state index contributed by atoms with van der Waals surface area (Å²) in [6.45, 7) is 10.9. The maximum Gasteiger partial charge on any atom is 0.410 e. The van der Waals surface area contributed by atoms with Gasteiger partial charge in [-0.15, -0.1) is 0 Å². The van der Waals surface area contributed by atoms with Gasteiger partial charge >= 0.3 is 6.09 Å². The first-order valence-corrected chi connectivity index (χ1v) is 23.0. The number of amides is 8. The van der Waals surface area contributed by atoms with Gasteiger partial charge in [-0.2, -0.15) is 0 Å². The Morgan fingerprint density at radius 1 is 0.851 bits per heavy atom. The first kappa shape index (κ1) is 53.4. The molecule has 0 unspecified atom stereocenters. The number of carbonyl (C=O) groups excluding carboxylic acids is 8. The number of rotatable bonds is 18. The molecular weight excluding hydrogens is 865 g/mol. The fourth-order valence-corrected chi connectivity index (χ4v) is 8.02. The topological polar surface area (TPSA) is 262 Å². The third kappa shape index (κ3) is 15.7. The third-order valence-electron chi connectivity index (χ3n) is 11.7. The van der Waals surface area contributed by atoms with E-state index in [9.17, 15) is 43.5 Å². The molecule has 4 rings (SSSR count). The number of anilines is 1. The van der Waals surface area contributed by atoms with Gasteiger partial charge in [0.25, 0.3) is 11.8 Å². The average Bonchev–Trinajstić information content (AvgIpc) is 3.71. The molecule has 0 radical (unpaired) electrons. The number of nitrogens with zero attached hydrogens (tertiary/aromatic N) is 5. The Hall–Kier alpha value is -6.18. The lowest BCUT2D eigenvalue weighted by molar-refractivity contribution is -0.135. The van der Waals surface area contributed by atoms with Crippen molar-refractivity contribution in [1.29, 1.82) is 0 Å². The Labute approximate surface area is 393 Å². The van der Waals surface area contributed by atoms with Crippen molar-refractivity contribution in [2.75, 3.05) is 45.2 Å². The Morgan fingerprint density at radius 3 is 2.10 bits per heavy atom. The summed E-state index contributed by atoms with van der Waals surface area (Å²) in [5.41, 5.74) is -1.32. The highest BCUT2D eigenvalue weighted by Crippen LogP contribution is 2.29. The molecule has 2 aliphatic rings. The Morgan fingerprint density at radius 2 is 1.52 bits per heavy atom. The van der Waals surface area contributed by atoms with E-state index in [4.69, 9.17) is 4.74 Å². The van der Waals surface area contributed by atoms with E-state index in [0.29, 0.717) is 24.9 Å². The SMILES string of the molecule is CCC[C@H](NC(=O)[C@@H]1CN(C(=O)OC(C)(C)C)C[C@@H]1NC(=O)[C@H](NC(=O)[C@@H](NC(=O)c1cnccn1)C1CCCCC1)C(C)(C)C)[C@H](O)C(=O)NCC(=O)N(CC(=O)N(C)C)c1ccccc1. The lowest BCUT2D eigenvalue weighted by Gasteiger charge is -2.35. The zero-order valence-corrected chi connectivity index (χ0v) is 40.3. The molecular formula is C47H70N10O10. The maximum absolute atomic E-state index is 14.4. The van der Waals surface area contributed by atoms with Gasteiger partial charge in [-0.05, 0) is 63.5 Å². The van der Waals surface area contributed by atoms with Gasteiger partial charge in [0.2, 0.25) is 29.5 Å². The van der Waals surface area contributed by atoms with E-state index in [1.165, 1.54) is 33.3 Å². The van der Waals surface area contributed by atoms with Crippen LogP contribution in [0.3, 0.4) is 0 Å².